The molecule has 0 fully saturated rings. The summed E-state index contributed by atoms with van der Waals surface area (Å²) in [5.41, 5.74) is 7.83. The van der Waals surface area contributed by atoms with Crippen LogP contribution in [-0.2, 0) is 11.3 Å². The summed E-state index contributed by atoms with van der Waals surface area (Å²) in [6.45, 7) is 4.42. The molecule has 0 spiro atoms. The molecular formula is C16H19N3O2. The van der Waals surface area contributed by atoms with Crippen LogP contribution >= 0.6 is 0 Å². The Labute approximate surface area is 123 Å². The number of nitrogen functional groups attached to an aromatic ring is 1. The molecule has 0 aliphatic carbocycles. The number of amides is 1. The van der Waals surface area contributed by atoms with Crippen LogP contribution in [0.15, 0.2) is 47.4 Å². The molecule has 21 heavy (non-hydrogen) atoms. The number of anilines is 2. The molecule has 0 atom stereocenters. The predicted molar refractivity (Wildman–Crippen MR) is 84.3 cm³/mol. The van der Waals surface area contributed by atoms with Crippen LogP contribution in [-0.4, -0.2) is 17.0 Å². The van der Waals surface area contributed by atoms with Crippen molar-refractivity contribution >= 4 is 17.3 Å². The number of carbonyl (C=O) groups excluding carboxylic acids is 1. The zero-order chi connectivity index (χ0) is 15.4. The predicted octanol–water partition coefficient (Wildman–Crippen LogP) is 1.79. The summed E-state index contributed by atoms with van der Waals surface area (Å²) in [5, 5.41) is 0. The van der Waals surface area contributed by atoms with Crippen LogP contribution in [0.1, 0.15) is 12.5 Å². The molecule has 1 aromatic carbocycles. The molecule has 0 saturated carbocycles. The first-order valence-electron chi connectivity index (χ1n) is 6.84. The minimum atomic E-state index is -0.238. The minimum Gasteiger partial charge on any atom is -0.398 e. The highest BCUT2D eigenvalue weighted by atomic mass is 16.2. The van der Waals surface area contributed by atoms with E-state index in [9.17, 15) is 9.59 Å². The maximum Gasteiger partial charge on any atom is 0.251 e. The van der Waals surface area contributed by atoms with Gasteiger partial charge in [0.1, 0.15) is 6.54 Å². The molecule has 0 aliphatic rings. The molecule has 5 nitrogen and oxygen atoms in total. The Morgan fingerprint density at radius 2 is 1.86 bits per heavy atom. The number of nitrogens with two attached hydrogens (primary N) is 1. The fraction of sp³-hybridized carbons (Fsp3) is 0.250. The van der Waals surface area contributed by atoms with E-state index in [1.165, 1.54) is 22.9 Å². The number of nitrogens with zero attached hydrogens (tertiary/aromatic N) is 2. The summed E-state index contributed by atoms with van der Waals surface area (Å²) in [5.74, 6) is -0.144. The van der Waals surface area contributed by atoms with Gasteiger partial charge in [-0.05, 0) is 32.0 Å². The fourth-order valence-corrected chi connectivity index (χ4v) is 2.13. The molecule has 0 aliphatic heterocycles. The van der Waals surface area contributed by atoms with Crippen molar-refractivity contribution in [1.29, 1.82) is 0 Å². The maximum absolute atomic E-state index is 12.4. The van der Waals surface area contributed by atoms with Crippen molar-refractivity contribution in [3.05, 3.63) is 58.5 Å². The first kappa shape index (κ1) is 14.8. The lowest BCUT2D eigenvalue weighted by atomic mass is 10.2. The number of aryl methyl sites for hydroxylation is 1. The van der Waals surface area contributed by atoms with Crippen LogP contribution in [0.25, 0.3) is 0 Å². The van der Waals surface area contributed by atoms with Gasteiger partial charge in [0.05, 0.1) is 0 Å². The smallest absolute Gasteiger partial charge is 0.251 e. The first-order valence-corrected chi connectivity index (χ1v) is 6.84. The van der Waals surface area contributed by atoms with Crippen LogP contribution in [0, 0.1) is 6.92 Å². The van der Waals surface area contributed by atoms with E-state index in [0.29, 0.717) is 12.2 Å². The third-order valence-electron chi connectivity index (χ3n) is 3.27. The lowest BCUT2D eigenvalue weighted by Crippen LogP contribution is -2.36. The minimum absolute atomic E-state index is 0.0222. The van der Waals surface area contributed by atoms with Gasteiger partial charge in [0.2, 0.25) is 5.91 Å². The number of carbonyl (C=O) groups is 1. The molecule has 110 valence electrons. The Bertz CT molecular complexity index is 689. The van der Waals surface area contributed by atoms with E-state index in [1.54, 1.807) is 4.90 Å². The van der Waals surface area contributed by atoms with E-state index < -0.39 is 0 Å². The van der Waals surface area contributed by atoms with Gasteiger partial charge in [-0.25, -0.2) is 0 Å². The second-order valence-electron chi connectivity index (χ2n) is 4.90. The Morgan fingerprint density at radius 3 is 2.48 bits per heavy atom. The Hall–Kier alpha value is -2.56. The van der Waals surface area contributed by atoms with E-state index in [-0.39, 0.29) is 18.0 Å². The molecule has 2 aromatic rings. The SMILES string of the molecule is CCN(C(=O)Cn1cc(N)ccc1=O)c1ccc(C)cc1. The molecule has 2 rings (SSSR count). The Morgan fingerprint density at radius 1 is 1.19 bits per heavy atom. The Balaban J connectivity index is 2.23. The molecule has 2 N–H and O–H groups in total. The van der Waals surface area contributed by atoms with Gasteiger partial charge in [0, 0.05) is 30.2 Å². The summed E-state index contributed by atoms with van der Waals surface area (Å²) in [6.07, 6.45) is 1.49. The zero-order valence-electron chi connectivity index (χ0n) is 12.2. The van der Waals surface area contributed by atoms with E-state index in [0.717, 1.165) is 11.3 Å². The number of likely N-dealkylation sites (N-methyl/N-ethyl adjacent to an activating group) is 1. The van der Waals surface area contributed by atoms with E-state index in [1.807, 2.05) is 38.1 Å². The van der Waals surface area contributed by atoms with Gasteiger partial charge in [-0.1, -0.05) is 17.7 Å². The molecule has 0 bridgehead atoms. The standard InChI is InChI=1S/C16H19N3O2/c1-3-19(14-7-4-12(2)5-8-14)16(21)11-18-10-13(17)6-9-15(18)20/h4-10H,3,11,17H2,1-2H3. The molecule has 5 heteroatoms. The highest BCUT2D eigenvalue weighted by molar-refractivity contribution is 5.93. The van der Waals surface area contributed by atoms with Crippen molar-refractivity contribution in [3.8, 4) is 0 Å². The van der Waals surface area contributed by atoms with Crippen molar-refractivity contribution in [1.82, 2.24) is 4.57 Å². The van der Waals surface area contributed by atoms with Crippen LogP contribution in [0.4, 0.5) is 11.4 Å². The number of hydrogen-bond donors (Lipinski definition) is 1. The van der Waals surface area contributed by atoms with Crippen LogP contribution in [0.2, 0.25) is 0 Å². The highest BCUT2D eigenvalue weighted by Gasteiger charge is 2.14. The summed E-state index contributed by atoms with van der Waals surface area (Å²) in [7, 11) is 0. The maximum atomic E-state index is 12.4. The number of rotatable bonds is 4. The third kappa shape index (κ3) is 3.51. The monoisotopic (exact) mass is 285 g/mol. The quantitative estimate of drug-likeness (QED) is 0.931. The zero-order valence-corrected chi connectivity index (χ0v) is 12.2. The van der Waals surface area contributed by atoms with Crippen molar-refractivity contribution in [3.63, 3.8) is 0 Å². The van der Waals surface area contributed by atoms with Gasteiger partial charge in [-0.3, -0.25) is 9.59 Å². The molecule has 1 aromatic heterocycles. The fourth-order valence-electron chi connectivity index (χ4n) is 2.13. The normalized spacial score (nSPS) is 10.4. The van der Waals surface area contributed by atoms with E-state index >= 15 is 0 Å². The number of benzene rings is 1. The second-order valence-corrected chi connectivity index (χ2v) is 4.90. The van der Waals surface area contributed by atoms with Gasteiger partial charge in [0.25, 0.3) is 5.56 Å². The van der Waals surface area contributed by atoms with E-state index in [2.05, 4.69) is 0 Å². The first-order chi connectivity index (χ1) is 10.0. The molecule has 1 heterocycles. The molecule has 0 unspecified atom stereocenters. The summed E-state index contributed by atoms with van der Waals surface area (Å²) < 4.78 is 1.33. The second kappa shape index (κ2) is 6.26. The number of aromatic nitrogens is 1. The molecule has 0 saturated heterocycles. The third-order valence-corrected chi connectivity index (χ3v) is 3.27. The van der Waals surface area contributed by atoms with Gasteiger partial charge in [-0.15, -0.1) is 0 Å². The van der Waals surface area contributed by atoms with Gasteiger partial charge in [-0.2, -0.15) is 0 Å². The molecule has 1 amide bonds. The Kier molecular flexibility index (Phi) is 4.42. The van der Waals surface area contributed by atoms with Crippen molar-refractivity contribution < 1.29 is 4.79 Å². The van der Waals surface area contributed by atoms with Gasteiger partial charge < -0.3 is 15.2 Å². The summed E-state index contributed by atoms with van der Waals surface area (Å²) in [4.78, 5) is 25.8. The largest absolute Gasteiger partial charge is 0.398 e. The lowest BCUT2D eigenvalue weighted by Gasteiger charge is -2.21. The lowest BCUT2D eigenvalue weighted by molar-refractivity contribution is -0.119. The van der Waals surface area contributed by atoms with Crippen molar-refractivity contribution in [2.24, 2.45) is 0 Å². The summed E-state index contributed by atoms with van der Waals surface area (Å²) >= 11 is 0. The number of hydrogen-bond acceptors (Lipinski definition) is 3. The average molecular weight is 285 g/mol. The number of pyridine rings is 1. The van der Waals surface area contributed by atoms with Crippen LogP contribution in [0.5, 0.6) is 0 Å². The van der Waals surface area contributed by atoms with Crippen LogP contribution < -0.4 is 16.2 Å². The van der Waals surface area contributed by atoms with Crippen molar-refractivity contribution in [2.75, 3.05) is 17.2 Å². The van der Waals surface area contributed by atoms with E-state index in [4.69, 9.17) is 5.73 Å². The summed E-state index contributed by atoms with van der Waals surface area (Å²) in [6, 6.07) is 10.6. The molecular weight excluding hydrogens is 266 g/mol. The van der Waals surface area contributed by atoms with Gasteiger partial charge in [0.15, 0.2) is 0 Å². The van der Waals surface area contributed by atoms with Crippen molar-refractivity contribution in [2.45, 2.75) is 20.4 Å². The van der Waals surface area contributed by atoms with Gasteiger partial charge >= 0.3 is 0 Å². The molecule has 0 radical (unpaired) electrons. The topological polar surface area (TPSA) is 68.3 Å². The van der Waals surface area contributed by atoms with Crippen LogP contribution in [0.3, 0.4) is 0 Å². The average Bonchev–Trinajstić information content (AvgIpc) is 2.46. The highest BCUT2D eigenvalue weighted by Crippen LogP contribution is 2.15.